The Kier molecular flexibility index (Phi) is 6.00. The highest BCUT2D eigenvalue weighted by atomic mass is 16.6. The Hall–Kier alpha value is -4.22. The van der Waals surface area contributed by atoms with Gasteiger partial charge in [0.2, 0.25) is 11.8 Å². The van der Waals surface area contributed by atoms with E-state index in [0.29, 0.717) is 11.4 Å². The number of hydrogen-bond donors (Lipinski definition) is 1. The highest BCUT2D eigenvalue weighted by Crippen LogP contribution is 2.36. The second-order valence-corrected chi connectivity index (χ2v) is 6.65. The number of nitro benzene ring substituents is 2. The van der Waals surface area contributed by atoms with E-state index in [1.54, 1.807) is 0 Å². The first kappa shape index (κ1) is 21.5. The Labute approximate surface area is 175 Å². The second kappa shape index (κ2) is 8.65. The number of carbonyl (C=O) groups excluding carboxylic acids is 2. The monoisotopic (exact) mass is 430 g/mol. The van der Waals surface area contributed by atoms with Gasteiger partial charge in [-0.2, -0.15) is 0 Å². The smallest absolute Gasteiger partial charge is 0.293 e. The van der Waals surface area contributed by atoms with Crippen molar-refractivity contribution < 1.29 is 28.9 Å². The average Bonchev–Trinajstić information content (AvgIpc) is 3.14. The van der Waals surface area contributed by atoms with E-state index in [2.05, 4.69) is 5.32 Å². The molecule has 0 aromatic heterocycles. The molecule has 1 aliphatic rings. The van der Waals surface area contributed by atoms with E-state index in [1.807, 2.05) is 0 Å². The van der Waals surface area contributed by atoms with Crippen molar-refractivity contribution in [3.8, 4) is 11.5 Å². The van der Waals surface area contributed by atoms with E-state index in [0.717, 1.165) is 0 Å². The summed E-state index contributed by atoms with van der Waals surface area (Å²) in [5, 5.41) is 24.7. The zero-order valence-corrected chi connectivity index (χ0v) is 16.6. The van der Waals surface area contributed by atoms with Crippen LogP contribution in [0.1, 0.15) is 6.42 Å². The number of nitrogens with zero attached hydrogens (tertiary/aromatic N) is 3. The molecule has 31 heavy (non-hydrogen) atoms. The molecule has 1 fully saturated rings. The summed E-state index contributed by atoms with van der Waals surface area (Å²) in [6, 6.07) is 7.73. The van der Waals surface area contributed by atoms with Gasteiger partial charge in [-0.25, -0.2) is 0 Å². The highest BCUT2D eigenvalue weighted by molar-refractivity contribution is 6.04. The third-order valence-corrected chi connectivity index (χ3v) is 4.82. The van der Waals surface area contributed by atoms with Crippen LogP contribution in [0.3, 0.4) is 0 Å². The van der Waals surface area contributed by atoms with Gasteiger partial charge in [-0.05, 0) is 12.1 Å². The molecule has 162 valence electrons. The topological polar surface area (TPSA) is 154 Å². The second-order valence-electron chi connectivity index (χ2n) is 6.65. The zero-order chi connectivity index (χ0) is 22.7. The minimum atomic E-state index is -0.793. The van der Waals surface area contributed by atoms with Gasteiger partial charge in [0.15, 0.2) is 0 Å². The van der Waals surface area contributed by atoms with Crippen LogP contribution in [0.2, 0.25) is 0 Å². The Balaban J connectivity index is 1.82. The number of non-ortho nitro benzene ring substituents is 1. The van der Waals surface area contributed by atoms with Gasteiger partial charge in [0.1, 0.15) is 17.2 Å². The summed E-state index contributed by atoms with van der Waals surface area (Å²) in [5.41, 5.74) is -0.270. The fourth-order valence-electron chi connectivity index (χ4n) is 3.26. The summed E-state index contributed by atoms with van der Waals surface area (Å²) in [7, 11) is 2.70. The van der Waals surface area contributed by atoms with Gasteiger partial charge in [0.05, 0.1) is 41.7 Å². The fourth-order valence-corrected chi connectivity index (χ4v) is 3.26. The van der Waals surface area contributed by atoms with Crippen molar-refractivity contribution in [2.75, 3.05) is 31.0 Å². The molecule has 1 heterocycles. The first-order valence-electron chi connectivity index (χ1n) is 9.01. The molecular weight excluding hydrogens is 412 g/mol. The molecule has 0 aliphatic carbocycles. The number of anilines is 2. The van der Waals surface area contributed by atoms with E-state index >= 15 is 0 Å². The first-order chi connectivity index (χ1) is 14.7. The minimum Gasteiger partial charge on any atom is -0.497 e. The Bertz CT molecular complexity index is 1070. The Morgan fingerprint density at radius 3 is 2.45 bits per heavy atom. The maximum absolute atomic E-state index is 12.7. The van der Waals surface area contributed by atoms with Crippen molar-refractivity contribution in [1.82, 2.24) is 0 Å². The number of ether oxygens (including phenoxy) is 2. The van der Waals surface area contributed by atoms with Crippen LogP contribution < -0.4 is 19.7 Å². The Morgan fingerprint density at radius 1 is 1.10 bits per heavy atom. The van der Waals surface area contributed by atoms with E-state index in [-0.39, 0.29) is 41.7 Å². The van der Waals surface area contributed by atoms with Crippen LogP contribution in [0, 0.1) is 26.1 Å². The normalized spacial score (nSPS) is 15.5. The summed E-state index contributed by atoms with van der Waals surface area (Å²) in [6.45, 7) is -0.0173. The largest absolute Gasteiger partial charge is 0.497 e. The number of methoxy groups -OCH3 is 2. The first-order valence-corrected chi connectivity index (χ1v) is 9.01. The standard InChI is InChI=1S/C19H18N4O8/c1-30-13-4-6-15(23(28)29)14(9-13)20-19(25)11-7-18(24)21(10-11)16-5-3-12(22(26)27)8-17(16)31-2/h3-6,8-9,11H,7,10H2,1-2H3,(H,20,25)/t11-/m0/s1. The molecule has 1 N–H and O–H groups in total. The summed E-state index contributed by atoms with van der Waals surface area (Å²) < 4.78 is 10.2. The van der Waals surface area contributed by atoms with Gasteiger partial charge in [0, 0.05) is 31.2 Å². The van der Waals surface area contributed by atoms with Crippen LogP contribution in [-0.2, 0) is 9.59 Å². The molecule has 1 aliphatic heterocycles. The fraction of sp³-hybridized carbons (Fsp3) is 0.263. The molecule has 2 aromatic rings. The molecule has 12 heteroatoms. The van der Waals surface area contributed by atoms with Crippen molar-refractivity contribution >= 4 is 34.6 Å². The number of hydrogen-bond acceptors (Lipinski definition) is 8. The van der Waals surface area contributed by atoms with Crippen molar-refractivity contribution in [1.29, 1.82) is 0 Å². The van der Waals surface area contributed by atoms with Crippen LogP contribution in [-0.4, -0.2) is 42.4 Å². The molecule has 1 atom stereocenters. The van der Waals surface area contributed by atoms with Crippen molar-refractivity contribution in [3.05, 3.63) is 56.6 Å². The van der Waals surface area contributed by atoms with Crippen molar-refractivity contribution in [2.24, 2.45) is 5.92 Å². The lowest BCUT2D eigenvalue weighted by Gasteiger charge is -2.19. The predicted molar refractivity (Wildman–Crippen MR) is 108 cm³/mol. The highest BCUT2D eigenvalue weighted by Gasteiger charge is 2.37. The number of amides is 2. The lowest BCUT2D eigenvalue weighted by molar-refractivity contribution is -0.384. The van der Waals surface area contributed by atoms with Crippen LogP contribution in [0.5, 0.6) is 11.5 Å². The van der Waals surface area contributed by atoms with E-state index in [9.17, 15) is 29.8 Å². The maximum Gasteiger partial charge on any atom is 0.293 e. The van der Waals surface area contributed by atoms with Crippen LogP contribution >= 0.6 is 0 Å². The molecule has 3 rings (SSSR count). The van der Waals surface area contributed by atoms with Gasteiger partial charge in [-0.3, -0.25) is 29.8 Å². The third kappa shape index (κ3) is 4.37. The molecule has 2 amide bonds. The Morgan fingerprint density at radius 2 is 1.84 bits per heavy atom. The van der Waals surface area contributed by atoms with Gasteiger partial charge >= 0.3 is 0 Å². The molecule has 12 nitrogen and oxygen atoms in total. The predicted octanol–water partition coefficient (Wildman–Crippen LogP) is 2.51. The van der Waals surface area contributed by atoms with E-state index in [1.165, 1.54) is 55.5 Å². The number of nitrogens with one attached hydrogen (secondary N) is 1. The van der Waals surface area contributed by atoms with Gasteiger partial charge in [0.25, 0.3) is 11.4 Å². The molecule has 0 spiro atoms. The van der Waals surface area contributed by atoms with E-state index < -0.39 is 21.7 Å². The number of carbonyl (C=O) groups is 2. The lowest BCUT2D eigenvalue weighted by atomic mass is 10.1. The molecule has 2 aromatic carbocycles. The quantitative estimate of drug-likeness (QED) is 0.519. The number of benzene rings is 2. The maximum atomic E-state index is 12.7. The minimum absolute atomic E-state index is 0.0173. The lowest BCUT2D eigenvalue weighted by Crippen LogP contribution is -2.28. The summed E-state index contributed by atoms with van der Waals surface area (Å²) >= 11 is 0. The molecule has 0 bridgehead atoms. The molecule has 0 radical (unpaired) electrons. The molecule has 0 saturated carbocycles. The third-order valence-electron chi connectivity index (χ3n) is 4.82. The van der Waals surface area contributed by atoms with Gasteiger partial charge < -0.3 is 19.7 Å². The van der Waals surface area contributed by atoms with Crippen molar-refractivity contribution in [3.63, 3.8) is 0 Å². The molecule has 1 saturated heterocycles. The van der Waals surface area contributed by atoms with E-state index in [4.69, 9.17) is 9.47 Å². The van der Waals surface area contributed by atoms with Crippen molar-refractivity contribution in [2.45, 2.75) is 6.42 Å². The number of nitro groups is 2. The average molecular weight is 430 g/mol. The zero-order valence-electron chi connectivity index (χ0n) is 16.6. The SMILES string of the molecule is COc1ccc([N+](=O)[O-])c(NC(=O)[C@H]2CC(=O)N(c3ccc([N+](=O)[O-])cc3OC)C2)c1. The summed E-state index contributed by atoms with van der Waals surface area (Å²) in [6.07, 6.45) is -0.135. The number of rotatable bonds is 7. The van der Waals surface area contributed by atoms with Gasteiger partial charge in [-0.1, -0.05) is 0 Å². The summed E-state index contributed by atoms with van der Waals surface area (Å²) in [4.78, 5) is 47.6. The summed E-state index contributed by atoms with van der Waals surface area (Å²) in [5.74, 6) is -1.31. The van der Waals surface area contributed by atoms with Gasteiger partial charge in [-0.15, -0.1) is 0 Å². The van der Waals surface area contributed by atoms with Crippen LogP contribution in [0.25, 0.3) is 0 Å². The molecular formula is C19H18N4O8. The van der Waals surface area contributed by atoms with Crippen LogP contribution in [0.15, 0.2) is 36.4 Å². The molecule has 0 unspecified atom stereocenters. The van der Waals surface area contributed by atoms with Crippen LogP contribution in [0.4, 0.5) is 22.7 Å².